The van der Waals surface area contributed by atoms with E-state index in [0.29, 0.717) is 6.61 Å². The summed E-state index contributed by atoms with van der Waals surface area (Å²) in [5, 5.41) is 0. The van der Waals surface area contributed by atoms with Gasteiger partial charge in [0, 0.05) is 0 Å². The zero-order chi connectivity index (χ0) is 21.1. The highest BCUT2D eigenvalue weighted by Gasteiger charge is 2.55. The van der Waals surface area contributed by atoms with Crippen molar-refractivity contribution in [3.05, 3.63) is 71.8 Å². The van der Waals surface area contributed by atoms with E-state index in [1.54, 1.807) is 13.8 Å². The Kier molecular flexibility index (Phi) is 5.85. The Labute approximate surface area is 175 Å². The molecule has 0 radical (unpaired) electrons. The van der Waals surface area contributed by atoms with Gasteiger partial charge in [-0.25, -0.2) is 9.59 Å². The van der Waals surface area contributed by atoms with Crippen LogP contribution in [0.3, 0.4) is 0 Å². The summed E-state index contributed by atoms with van der Waals surface area (Å²) in [6.07, 6.45) is -1.89. The van der Waals surface area contributed by atoms with Gasteiger partial charge in [0.2, 0.25) is 0 Å². The minimum atomic E-state index is -0.907. The molecule has 4 rings (SSSR count). The fourth-order valence-electron chi connectivity index (χ4n) is 3.83. The zero-order valence-electron chi connectivity index (χ0n) is 17.0. The number of ether oxygens (including phenoxy) is 4. The van der Waals surface area contributed by atoms with Gasteiger partial charge in [0.1, 0.15) is 12.2 Å². The van der Waals surface area contributed by atoms with Crippen molar-refractivity contribution in [2.45, 2.75) is 51.0 Å². The van der Waals surface area contributed by atoms with Gasteiger partial charge in [-0.1, -0.05) is 60.7 Å². The van der Waals surface area contributed by atoms with Crippen molar-refractivity contribution in [1.82, 2.24) is 4.90 Å². The average Bonchev–Trinajstić information content (AvgIpc) is 3.17. The number of hydrogen-bond acceptors (Lipinski definition) is 6. The zero-order valence-corrected chi connectivity index (χ0v) is 17.0. The number of cyclic esters (lactones) is 2. The molecule has 2 aliphatic rings. The summed E-state index contributed by atoms with van der Waals surface area (Å²) >= 11 is 0. The smallest absolute Gasteiger partial charge is 0.374 e. The molecule has 2 aliphatic heterocycles. The monoisotopic (exact) mass is 411 g/mol. The first kappa shape index (κ1) is 20.5. The SMILES string of the molecule is CC1(C)O[C@@H]([C@H]2C(=O)OC(=O)N2Cc2ccccc2)[C@H](COCc2ccccc2)O1. The topological polar surface area (TPSA) is 74.3 Å². The van der Waals surface area contributed by atoms with E-state index in [4.69, 9.17) is 18.9 Å². The summed E-state index contributed by atoms with van der Waals surface area (Å²) in [6.45, 7) is 4.44. The maximum atomic E-state index is 12.6. The summed E-state index contributed by atoms with van der Waals surface area (Å²) in [6, 6.07) is 18.3. The van der Waals surface area contributed by atoms with Gasteiger partial charge in [0.05, 0.1) is 19.8 Å². The first-order valence-corrected chi connectivity index (χ1v) is 9.96. The van der Waals surface area contributed by atoms with Gasteiger partial charge >= 0.3 is 12.1 Å². The number of carbonyl (C=O) groups excluding carboxylic acids is 2. The van der Waals surface area contributed by atoms with Crippen molar-refractivity contribution < 1.29 is 28.5 Å². The molecule has 2 saturated heterocycles. The third-order valence-electron chi connectivity index (χ3n) is 5.12. The Morgan fingerprint density at radius 3 is 2.23 bits per heavy atom. The molecule has 2 aromatic rings. The molecule has 0 saturated carbocycles. The van der Waals surface area contributed by atoms with E-state index >= 15 is 0 Å². The van der Waals surface area contributed by atoms with Crippen LogP contribution < -0.4 is 0 Å². The van der Waals surface area contributed by atoms with E-state index in [2.05, 4.69) is 0 Å². The van der Waals surface area contributed by atoms with Crippen LogP contribution in [0.15, 0.2) is 60.7 Å². The summed E-state index contributed by atoms with van der Waals surface area (Å²) in [7, 11) is 0. The molecule has 0 aromatic heterocycles. The van der Waals surface area contributed by atoms with Crippen LogP contribution in [0.25, 0.3) is 0 Å². The summed E-state index contributed by atoms with van der Waals surface area (Å²) in [4.78, 5) is 26.3. The highest BCUT2D eigenvalue weighted by molar-refractivity contribution is 5.96. The quantitative estimate of drug-likeness (QED) is 0.514. The van der Waals surface area contributed by atoms with Crippen LogP contribution in [0.4, 0.5) is 4.79 Å². The first-order chi connectivity index (χ1) is 14.4. The number of hydrogen-bond donors (Lipinski definition) is 0. The largest absolute Gasteiger partial charge is 0.418 e. The van der Waals surface area contributed by atoms with Crippen LogP contribution in [-0.2, 0) is 36.9 Å². The standard InChI is InChI=1S/C23H25NO6/c1-23(2)29-18(15-27-14-17-11-7-4-8-12-17)20(30-23)19-21(25)28-22(26)24(19)13-16-9-5-3-6-10-16/h3-12,18-20H,13-15H2,1-2H3/t18-,19-,20+/m0/s1. The van der Waals surface area contributed by atoms with Crippen LogP contribution in [0.1, 0.15) is 25.0 Å². The van der Waals surface area contributed by atoms with E-state index in [-0.39, 0.29) is 13.2 Å². The predicted octanol–water partition coefficient (Wildman–Crippen LogP) is 3.27. The van der Waals surface area contributed by atoms with E-state index in [1.165, 1.54) is 4.90 Å². The molecule has 0 spiro atoms. The molecule has 0 N–H and O–H groups in total. The summed E-state index contributed by atoms with van der Waals surface area (Å²) in [5.41, 5.74) is 1.93. The van der Waals surface area contributed by atoms with Crippen LogP contribution in [0, 0.1) is 0 Å². The lowest BCUT2D eigenvalue weighted by atomic mass is 10.0. The Morgan fingerprint density at radius 2 is 1.57 bits per heavy atom. The van der Waals surface area contributed by atoms with Gasteiger partial charge in [-0.05, 0) is 25.0 Å². The van der Waals surface area contributed by atoms with Crippen molar-refractivity contribution in [2.24, 2.45) is 0 Å². The minimum Gasteiger partial charge on any atom is -0.374 e. The lowest BCUT2D eigenvalue weighted by Gasteiger charge is -2.27. The Bertz CT molecular complexity index is 885. The molecule has 7 heteroatoms. The van der Waals surface area contributed by atoms with Crippen LogP contribution in [0.5, 0.6) is 0 Å². The van der Waals surface area contributed by atoms with Crippen LogP contribution >= 0.6 is 0 Å². The number of nitrogens with zero attached hydrogens (tertiary/aromatic N) is 1. The van der Waals surface area contributed by atoms with E-state index in [9.17, 15) is 9.59 Å². The molecule has 2 fully saturated rings. The number of amides is 1. The van der Waals surface area contributed by atoms with E-state index in [0.717, 1.165) is 11.1 Å². The molecule has 0 unspecified atom stereocenters. The van der Waals surface area contributed by atoms with Gasteiger partial charge in [0.15, 0.2) is 11.8 Å². The average molecular weight is 411 g/mol. The maximum absolute atomic E-state index is 12.6. The number of carbonyl (C=O) groups is 2. The summed E-state index contributed by atoms with van der Waals surface area (Å²) < 4.78 is 22.8. The molecule has 3 atom stereocenters. The van der Waals surface area contributed by atoms with Gasteiger partial charge in [-0.15, -0.1) is 0 Å². The molecule has 7 nitrogen and oxygen atoms in total. The molecular formula is C23H25NO6. The van der Waals surface area contributed by atoms with Crippen molar-refractivity contribution in [3.8, 4) is 0 Å². The predicted molar refractivity (Wildman–Crippen MR) is 107 cm³/mol. The highest BCUT2D eigenvalue weighted by Crippen LogP contribution is 2.35. The highest BCUT2D eigenvalue weighted by atomic mass is 16.8. The van der Waals surface area contributed by atoms with E-state index < -0.39 is 36.1 Å². The van der Waals surface area contributed by atoms with Gasteiger partial charge in [-0.3, -0.25) is 4.90 Å². The fraction of sp³-hybridized carbons (Fsp3) is 0.391. The number of benzene rings is 2. The molecule has 0 aliphatic carbocycles. The van der Waals surface area contributed by atoms with Crippen LogP contribution in [-0.4, -0.2) is 47.6 Å². The van der Waals surface area contributed by atoms with Crippen LogP contribution in [0.2, 0.25) is 0 Å². The Morgan fingerprint density at radius 1 is 0.933 bits per heavy atom. The molecule has 0 bridgehead atoms. The molecule has 2 aromatic carbocycles. The van der Waals surface area contributed by atoms with Gasteiger partial charge in [-0.2, -0.15) is 0 Å². The van der Waals surface area contributed by atoms with Crippen molar-refractivity contribution >= 4 is 12.1 Å². The lowest BCUT2D eigenvalue weighted by molar-refractivity contribution is -0.157. The fourth-order valence-corrected chi connectivity index (χ4v) is 3.83. The third-order valence-corrected chi connectivity index (χ3v) is 5.12. The molecule has 2 heterocycles. The van der Waals surface area contributed by atoms with Gasteiger partial charge in [0.25, 0.3) is 0 Å². The lowest BCUT2D eigenvalue weighted by Crippen LogP contribution is -2.49. The Balaban J connectivity index is 1.49. The second-order valence-electron chi connectivity index (χ2n) is 7.88. The Hall–Kier alpha value is -2.74. The maximum Gasteiger partial charge on any atom is 0.418 e. The minimum absolute atomic E-state index is 0.222. The first-order valence-electron chi connectivity index (χ1n) is 9.96. The van der Waals surface area contributed by atoms with Crippen molar-refractivity contribution in [1.29, 1.82) is 0 Å². The normalized spacial score (nSPS) is 25.5. The molecule has 1 amide bonds. The van der Waals surface area contributed by atoms with E-state index in [1.807, 2.05) is 60.7 Å². The summed E-state index contributed by atoms with van der Waals surface area (Å²) in [5.74, 6) is -1.54. The van der Waals surface area contributed by atoms with Gasteiger partial charge < -0.3 is 18.9 Å². The van der Waals surface area contributed by atoms with Crippen molar-refractivity contribution in [2.75, 3.05) is 6.61 Å². The molecule has 30 heavy (non-hydrogen) atoms. The number of rotatable bonds is 7. The molecular weight excluding hydrogens is 386 g/mol. The molecule has 158 valence electrons. The second kappa shape index (κ2) is 8.55. The third kappa shape index (κ3) is 4.53. The number of esters is 1. The van der Waals surface area contributed by atoms with Crippen molar-refractivity contribution in [3.63, 3.8) is 0 Å². The second-order valence-corrected chi connectivity index (χ2v) is 7.88.